The zero-order chi connectivity index (χ0) is 14.5. The molecule has 2 heterocycles. The summed E-state index contributed by atoms with van der Waals surface area (Å²) in [6, 6.07) is 3.05. The smallest absolute Gasteiger partial charge is 0.311 e. The maximum Gasteiger partial charge on any atom is 0.311 e. The summed E-state index contributed by atoms with van der Waals surface area (Å²) in [6.07, 6.45) is 3.08. The minimum atomic E-state index is -0.433. The van der Waals surface area contributed by atoms with Crippen LogP contribution in [0.3, 0.4) is 0 Å². The van der Waals surface area contributed by atoms with Crippen LogP contribution in [-0.4, -0.2) is 40.5 Å². The molecule has 1 aromatic rings. The highest BCUT2D eigenvalue weighted by molar-refractivity contribution is 6.29. The van der Waals surface area contributed by atoms with Gasteiger partial charge in [0.1, 0.15) is 5.15 Å². The van der Waals surface area contributed by atoms with Gasteiger partial charge in [0.15, 0.2) is 0 Å². The highest BCUT2D eigenvalue weighted by atomic mass is 35.5. The molecule has 2 rings (SSSR count). The Labute approximate surface area is 123 Å². The molecule has 0 unspecified atom stereocenters. The second-order valence-electron chi connectivity index (χ2n) is 5.02. The lowest BCUT2D eigenvalue weighted by atomic mass is 10.0. The number of likely N-dealkylation sites (tertiary alicyclic amines) is 1. The van der Waals surface area contributed by atoms with Gasteiger partial charge in [-0.1, -0.05) is 18.5 Å². The fraction of sp³-hybridized carbons (Fsp3) is 0.615. The number of rotatable bonds is 5. The van der Waals surface area contributed by atoms with Gasteiger partial charge in [0.25, 0.3) is 0 Å². The first-order valence-electron chi connectivity index (χ1n) is 6.90. The molecule has 6 nitrogen and oxygen atoms in total. The number of nitrogens with one attached hydrogen (secondary N) is 1. The van der Waals surface area contributed by atoms with Gasteiger partial charge in [-0.25, -0.2) is 4.98 Å². The van der Waals surface area contributed by atoms with E-state index in [1.807, 2.05) is 0 Å². The Morgan fingerprint density at radius 3 is 2.80 bits per heavy atom. The highest BCUT2D eigenvalue weighted by Gasteiger charge is 2.22. The van der Waals surface area contributed by atoms with E-state index in [9.17, 15) is 10.1 Å². The Hall–Kier alpha value is -1.40. The molecular weight excluding hydrogens is 280 g/mol. The van der Waals surface area contributed by atoms with E-state index < -0.39 is 4.92 Å². The summed E-state index contributed by atoms with van der Waals surface area (Å²) in [6.45, 7) is 5.31. The predicted molar refractivity (Wildman–Crippen MR) is 79.3 cm³/mol. The monoisotopic (exact) mass is 298 g/mol. The normalized spacial score (nSPS) is 17.1. The number of aromatic nitrogens is 1. The Kier molecular flexibility index (Phi) is 5.14. The third-order valence-corrected chi connectivity index (χ3v) is 3.72. The molecule has 110 valence electrons. The van der Waals surface area contributed by atoms with Crippen molar-refractivity contribution in [3.8, 4) is 0 Å². The minimum Gasteiger partial charge on any atom is -0.361 e. The molecule has 1 aliphatic heterocycles. The molecule has 1 aromatic heterocycles. The Morgan fingerprint density at radius 1 is 1.50 bits per heavy atom. The lowest BCUT2D eigenvalue weighted by Gasteiger charge is -2.32. The number of nitrogens with zero attached hydrogens (tertiary/aromatic N) is 3. The van der Waals surface area contributed by atoms with Crippen LogP contribution in [-0.2, 0) is 0 Å². The lowest BCUT2D eigenvalue weighted by molar-refractivity contribution is -0.384. The number of nitro groups is 1. The van der Waals surface area contributed by atoms with Gasteiger partial charge < -0.3 is 10.2 Å². The van der Waals surface area contributed by atoms with E-state index in [2.05, 4.69) is 22.1 Å². The average molecular weight is 299 g/mol. The summed E-state index contributed by atoms with van der Waals surface area (Å²) in [5, 5.41) is 14.4. The first kappa shape index (κ1) is 15.0. The van der Waals surface area contributed by atoms with E-state index >= 15 is 0 Å². The molecule has 1 aliphatic rings. The fourth-order valence-corrected chi connectivity index (χ4v) is 2.64. The van der Waals surface area contributed by atoms with Crippen molar-refractivity contribution < 1.29 is 4.92 Å². The molecular formula is C13H19ClN4O2. The van der Waals surface area contributed by atoms with Crippen molar-refractivity contribution in [3.63, 3.8) is 0 Å². The lowest BCUT2D eigenvalue weighted by Crippen LogP contribution is -2.39. The van der Waals surface area contributed by atoms with Crippen LogP contribution in [0.4, 0.5) is 11.5 Å². The molecule has 0 radical (unpaired) electrons. The molecule has 1 N–H and O–H groups in total. The molecule has 0 atom stereocenters. The average Bonchev–Trinajstić information content (AvgIpc) is 2.41. The zero-order valence-corrected chi connectivity index (χ0v) is 12.3. The summed E-state index contributed by atoms with van der Waals surface area (Å²) < 4.78 is 0. The maximum atomic E-state index is 11.0. The molecule has 0 amide bonds. The fourth-order valence-electron chi connectivity index (χ4n) is 2.49. The molecule has 1 fully saturated rings. The zero-order valence-electron chi connectivity index (χ0n) is 11.5. The predicted octanol–water partition coefficient (Wildman–Crippen LogP) is 2.93. The van der Waals surface area contributed by atoms with Crippen molar-refractivity contribution in [1.82, 2.24) is 9.88 Å². The van der Waals surface area contributed by atoms with Gasteiger partial charge in [-0.05, 0) is 31.9 Å². The van der Waals surface area contributed by atoms with Crippen molar-refractivity contribution in [3.05, 3.63) is 27.4 Å². The number of pyridine rings is 1. The van der Waals surface area contributed by atoms with Crippen LogP contribution < -0.4 is 5.32 Å². The standard InChI is InChI=1S/C13H19ClN4O2/c1-2-7-17-8-5-10(6-9-17)15-13-11(18(19)20)3-4-12(14)16-13/h3-4,10H,2,5-9H2,1H3,(H,15,16). The van der Waals surface area contributed by atoms with Gasteiger partial charge in [-0.15, -0.1) is 0 Å². The molecule has 0 aliphatic carbocycles. The van der Waals surface area contributed by atoms with E-state index in [1.165, 1.54) is 12.1 Å². The second-order valence-corrected chi connectivity index (χ2v) is 5.41. The minimum absolute atomic E-state index is 0.0228. The van der Waals surface area contributed by atoms with E-state index in [-0.39, 0.29) is 22.7 Å². The van der Waals surface area contributed by atoms with Crippen molar-refractivity contribution in [2.45, 2.75) is 32.2 Å². The molecule has 0 saturated carbocycles. The highest BCUT2D eigenvalue weighted by Crippen LogP contribution is 2.26. The third kappa shape index (κ3) is 3.80. The Bertz CT molecular complexity index is 475. The van der Waals surface area contributed by atoms with Crippen LogP contribution in [0.15, 0.2) is 12.1 Å². The summed E-state index contributed by atoms with van der Waals surface area (Å²) in [4.78, 5) is 17.0. The van der Waals surface area contributed by atoms with E-state index in [0.29, 0.717) is 0 Å². The van der Waals surface area contributed by atoms with Crippen molar-refractivity contribution in [2.75, 3.05) is 25.0 Å². The van der Waals surface area contributed by atoms with Crippen LogP contribution in [0.25, 0.3) is 0 Å². The van der Waals surface area contributed by atoms with Crippen molar-refractivity contribution in [2.24, 2.45) is 0 Å². The molecule has 0 spiro atoms. The molecule has 0 aromatic carbocycles. The Balaban J connectivity index is 2.00. The molecule has 0 bridgehead atoms. The van der Waals surface area contributed by atoms with Crippen molar-refractivity contribution in [1.29, 1.82) is 0 Å². The van der Waals surface area contributed by atoms with E-state index in [4.69, 9.17) is 11.6 Å². The number of piperidine rings is 1. The van der Waals surface area contributed by atoms with Gasteiger partial charge in [0.2, 0.25) is 5.82 Å². The first-order chi connectivity index (χ1) is 9.60. The summed E-state index contributed by atoms with van der Waals surface area (Å²) in [5.74, 6) is 0.274. The van der Waals surface area contributed by atoms with E-state index in [1.54, 1.807) is 0 Å². The van der Waals surface area contributed by atoms with Crippen molar-refractivity contribution >= 4 is 23.1 Å². The maximum absolute atomic E-state index is 11.0. The molecule has 7 heteroatoms. The first-order valence-corrected chi connectivity index (χ1v) is 7.27. The van der Waals surface area contributed by atoms with Gasteiger partial charge in [-0.2, -0.15) is 0 Å². The van der Waals surface area contributed by atoms with Crippen LogP contribution >= 0.6 is 11.6 Å². The van der Waals surface area contributed by atoms with Gasteiger partial charge >= 0.3 is 5.69 Å². The van der Waals surface area contributed by atoms with Gasteiger partial charge in [0, 0.05) is 25.2 Å². The van der Waals surface area contributed by atoms with Crippen LogP contribution in [0, 0.1) is 10.1 Å². The number of halogens is 1. The Morgan fingerprint density at radius 2 is 2.20 bits per heavy atom. The molecule has 20 heavy (non-hydrogen) atoms. The summed E-state index contributed by atoms with van der Waals surface area (Å²) in [5.41, 5.74) is -0.0228. The van der Waals surface area contributed by atoms with Crippen LogP contribution in [0.2, 0.25) is 5.15 Å². The summed E-state index contributed by atoms with van der Waals surface area (Å²) in [7, 11) is 0. The SMILES string of the molecule is CCCN1CCC(Nc2nc(Cl)ccc2[N+](=O)[O-])CC1. The summed E-state index contributed by atoms with van der Waals surface area (Å²) >= 11 is 5.82. The van der Waals surface area contributed by atoms with Crippen LogP contribution in [0.1, 0.15) is 26.2 Å². The number of hydrogen-bond donors (Lipinski definition) is 1. The second kappa shape index (κ2) is 6.85. The molecule has 1 saturated heterocycles. The van der Waals surface area contributed by atoms with Gasteiger partial charge in [-0.3, -0.25) is 10.1 Å². The van der Waals surface area contributed by atoms with E-state index in [0.717, 1.165) is 38.9 Å². The van der Waals surface area contributed by atoms with Crippen LogP contribution in [0.5, 0.6) is 0 Å². The number of anilines is 1. The third-order valence-electron chi connectivity index (χ3n) is 3.50. The topological polar surface area (TPSA) is 71.3 Å². The largest absolute Gasteiger partial charge is 0.361 e. The number of hydrogen-bond acceptors (Lipinski definition) is 5. The van der Waals surface area contributed by atoms with Gasteiger partial charge in [0.05, 0.1) is 4.92 Å². The quantitative estimate of drug-likeness (QED) is 0.514.